The third-order valence-corrected chi connectivity index (χ3v) is 3.29. The van der Waals surface area contributed by atoms with Crippen molar-refractivity contribution in [2.24, 2.45) is 0 Å². The van der Waals surface area contributed by atoms with Crippen molar-refractivity contribution >= 4 is 0 Å². The van der Waals surface area contributed by atoms with Gasteiger partial charge in [-0.3, -0.25) is 0 Å². The third-order valence-electron chi connectivity index (χ3n) is 3.29. The van der Waals surface area contributed by atoms with Crippen molar-refractivity contribution in [1.29, 1.82) is 0 Å². The van der Waals surface area contributed by atoms with Crippen LogP contribution in [0.5, 0.6) is 0 Å². The molecule has 0 heterocycles. The van der Waals surface area contributed by atoms with Crippen LogP contribution in [0.4, 0.5) is 0 Å². The van der Waals surface area contributed by atoms with E-state index in [9.17, 15) is 0 Å². The Kier molecular flexibility index (Phi) is 26.8. The number of rotatable bonds is 25. The lowest BCUT2D eigenvalue weighted by Crippen LogP contribution is -2.15. The molecule has 0 aliphatic rings. The predicted molar refractivity (Wildman–Crippen MR) is 108 cm³/mol. The van der Waals surface area contributed by atoms with Crippen LogP contribution in [0.1, 0.15) is 6.92 Å². The molecule has 0 atom stereocenters. The molecule has 9 heteroatoms. The lowest BCUT2D eigenvalue weighted by molar-refractivity contribution is -0.0233. The van der Waals surface area contributed by atoms with Crippen LogP contribution < -0.4 is 0 Å². The van der Waals surface area contributed by atoms with Gasteiger partial charge in [0.1, 0.15) is 0 Å². The van der Waals surface area contributed by atoms with Gasteiger partial charge in [0, 0.05) is 0 Å². The van der Waals surface area contributed by atoms with Crippen LogP contribution in [0.15, 0.2) is 12.2 Å². The predicted octanol–water partition coefficient (Wildman–Crippen LogP) is 0.688. The smallest absolute Gasteiger partial charge is 0.0704 e. The first-order valence-electron chi connectivity index (χ1n) is 10.3. The molecule has 0 fully saturated rings. The van der Waals surface area contributed by atoms with Gasteiger partial charge in [-0.1, -0.05) is 12.2 Å². The van der Waals surface area contributed by atoms with Gasteiger partial charge < -0.3 is 43.0 Å². The highest BCUT2D eigenvalue weighted by atomic mass is 16.6. The van der Waals surface area contributed by atoms with Gasteiger partial charge in [-0.2, -0.15) is 0 Å². The Morgan fingerprint density at radius 2 is 0.724 bits per heavy atom. The molecule has 0 saturated heterocycles. The van der Waals surface area contributed by atoms with Gasteiger partial charge in [0.15, 0.2) is 0 Å². The molecule has 0 aliphatic carbocycles. The lowest BCUT2D eigenvalue weighted by atomic mass is 10.5. The minimum absolute atomic E-state index is 0.0335. The molecule has 0 bridgehead atoms. The van der Waals surface area contributed by atoms with Gasteiger partial charge >= 0.3 is 0 Å². The minimum atomic E-state index is 0.0335. The van der Waals surface area contributed by atoms with Crippen LogP contribution in [-0.2, 0) is 37.9 Å². The van der Waals surface area contributed by atoms with Crippen molar-refractivity contribution in [3.8, 4) is 0 Å². The first kappa shape index (κ1) is 28.4. The number of allylic oxidation sites excluding steroid dienone is 1. The van der Waals surface area contributed by atoms with Crippen molar-refractivity contribution < 1.29 is 43.0 Å². The Labute approximate surface area is 175 Å². The summed E-state index contributed by atoms with van der Waals surface area (Å²) >= 11 is 0. The zero-order valence-corrected chi connectivity index (χ0v) is 17.9. The second-order valence-electron chi connectivity index (χ2n) is 5.65. The molecular weight excluding hydrogens is 384 g/mol. The van der Waals surface area contributed by atoms with E-state index >= 15 is 0 Å². The Hall–Kier alpha value is -0.620. The van der Waals surface area contributed by atoms with E-state index < -0.39 is 0 Å². The monoisotopic (exact) mass is 424 g/mol. The molecule has 174 valence electrons. The van der Waals surface area contributed by atoms with Gasteiger partial charge in [0.05, 0.1) is 112 Å². The van der Waals surface area contributed by atoms with Gasteiger partial charge in [-0.25, -0.2) is 0 Å². The average Bonchev–Trinajstić information content (AvgIpc) is 2.74. The van der Waals surface area contributed by atoms with Crippen LogP contribution in [0.2, 0.25) is 0 Å². The molecule has 1 N–H and O–H groups in total. The Balaban J connectivity index is 2.98. The fraction of sp³-hybridized carbons (Fsp3) is 0.900. The maximum Gasteiger partial charge on any atom is 0.0704 e. The molecule has 0 unspecified atom stereocenters. The summed E-state index contributed by atoms with van der Waals surface area (Å²) < 4.78 is 42.6. The molecule has 0 spiro atoms. The van der Waals surface area contributed by atoms with Crippen molar-refractivity contribution in [3.05, 3.63) is 12.2 Å². The standard InChI is InChI=1S/C20H40O9/c1-2-3-5-22-7-9-24-11-13-26-15-17-28-19-20-29-18-16-27-14-12-25-10-8-23-6-4-21/h2-3,21H,4-20H2,1H3/b3-2+. The van der Waals surface area contributed by atoms with E-state index in [-0.39, 0.29) is 6.61 Å². The average molecular weight is 425 g/mol. The summed E-state index contributed by atoms with van der Waals surface area (Å²) in [5, 5.41) is 8.53. The summed E-state index contributed by atoms with van der Waals surface area (Å²) in [6, 6.07) is 0. The molecule has 9 nitrogen and oxygen atoms in total. The van der Waals surface area contributed by atoms with Crippen molar-refractivity contribution in [2.75, 3.05) is 112 Å². The van der Waals surface area contributed by atoms with Crippen LogP contribution in [-0.4, -0.2) is 117 Å². The van der Waals surface area contributed by atoms with Gasteiger partial charge in [-0.05, 0) is 6.92 Å². The highest BCUT2D eigenvalue weighted by Gasteiger charge is 1.94. The van der Waals surface area contributed by atoms with Gasteiger partial charge in [0.2, 0.25) is 0 Å². The summed E-state index contributed by atoms with van der Waals surface area (Å²) in [7, 11) is 0. The van der Waals surface area contributed by atoms with Gasteiger partial charge in [-0.15, -0.1) is 0 Å². The highest BCUT2D eigenvalue weighted by molar-refractivity contribution is 4.75. The zero-order chi connectivity index (χ0) is 21.1. The number of hydrogen-bond acceptors (Lipinski definition) is 9. The van der Waals surface area contributed by atoms with Crippen molar-refractivity contribution in [2.45, 2.75) is 6.92 Å². The molecule has 0 aromatic heterocycles. The summed E-state index contributed by atoms with van der Waals surface area (Å²) in [5.74, 6) is 0. The van der Waals surface area contributed by atoms with Crippen LogP contribution in [0.25, 0.3) is 0 Å². The fourth-order valence-corrected chi connectivity index (χ4v) is 1.85. The Morgan fingerprint density at radius 1 is 0.448 bits per heavy atom. The van der Waals surface area contributed by atoms with E-state index in [0.717, 1.165) is 0 Å². The van der Waals surface area contributed by atoms with Crippen LogP contribution in [0.3, 0.4) is 0 Å². The van der Waals surface area contributed by atoms with E-state index in [1.807, 2.05) is 19.1 Å². The number of hydrogen-bond donors (Lipinski definition) is 1. The van der Waals surface area contributed by atoms with E-state index in [4.69, 9.17) is 43.0 Å². The van der Waals surface area contributed by atoms with Gasteiger partial charge in [0.25, 0.3) is 0 Å². The molecule has 0 saturated carbocycles. The Bertz CT molecular complexity index is 316. The van der Waals surface area contributed by atoms with Crippen molar-refractivity contribution in [1.82, 2.24) is 0 Å². The maximum atomic E-state index is 8.53. The molecule has 29 heavy (non-hydrogen) atoms. The molecule has 0 aromatic carbocycles. The molecule has 0 aliphatic heterocycles. The van der Waals surface area contributed by atoms with E-state index in [0.29, 0.717) is 106 Å². The molecule has 0 rings (SSSR count). The zero-order valence-electron chi connectivity index (χ0n) is 17.9. The van der Waals surface area contributed by atoms with E-state index in [1.165, 1.54) is 0 Å². The maximum absolute atomic E-state index is 8.53. The largest absolute Gasteiger partial charge is 0.394 e. The minimum Gasteiger partial charge on any atom is -0.394 e. The summed E-state index contributed by atoms with van der Waals surface area (Å²) in [6.07, 6.45) is 3.91. The number of aliphatic hydroxyl groups is 1. The van der Waals surface area contributed by atoms with Crippen LogP contribution in [0, 0.1) is 0 Å². The number of aliphatic hydroxyl groups excluding tert-OH is 1. The summed E-state index contributed by atoms with van der Waals surface area (Å²) in [4.78, 5) is 0. The van der Waals surface area contributed by atoms with E-state index in [2.05, 4.69) is 0 Å². The topological polar surface area (TPSA) is 94.1 Å². The van der Waals surface area contributed by atoms with Crippen LogP contribution >= 0.6 is 0 Å². The highest BCUT2D eigenvalue weighted by Crippen LogP contribution is 1.86. The first-order valence-corrected chi connectivity index (χ1v) is 10.3. The molecule has 0 amide bonds. The fourth-order valence-electron chi connectivity index (χ4n) is 1.85. The lowest BCUT2D eigenvalue weighted by Gasteiger charge is -2.08. The quantitative estimate of drug-likeness (QED) is 0.168. The van der Waals surface area contributed by atoms with Crippen molar-refractivity contribution in [3.63, 3.8) is 0 Å². The first-order chi connectivity index (χ1) is 14.4. The molecule has 0 aromatic rings. The van der Waals surface area contributed by atoms with E-state index in [1.54, 1.807) is 0 Å². The SMILES string of the molecule is C/C=C/COCCOCCOCCOCCOCCOCCOCCOCCO. The third kappa shape index (κ3) is 27.4. The Morgan fingerprint density at radius 3 is 1.00 bits per heavy atom. The second kappa shape index (κ2) is 27.4. The second-order valence-corrected chi connectivity index (χ2v) is 5.65. The summed E-state index contributed by atoms with van der Waals surface area (Å²) in [6.45, 7) is 10.4. The molecular formula is C20H40O9. The number of ether oxygens (including phenoxy) is 8. The summed E-state index contributed by atoms with van der Waals surface area (Å²) in [5.41, 5.74) is 0. The normalized spacial score (nSPS) is 11.7. The molecule has 0 radical (unpaired) electrons.